The van der Waals surface area contributed by atoms with Crippen LogP contribution in [0.4, 0.5) is 5.69 Å². The molecule has 0 amide bonds. The highest BCUT2D eigenvalue weighted by Gasteiger charge is 2.17. The lowest BCUT2D eigenvalue weighted by Crippen LogP contribution is -2.02. The summed E-state index contributed by atoms with van der Waals surface area (Å²) in [5.41, 5.74) is 2.22. The van der Waals surface area contributed by atoms with Crippen LogP contribution < -0.4 is 0 Å². The van der Waals surface area contributed by atoms with E-state index < -0.39 is 0 Å². The minimum absolute atomic E-state index is 0.296. The maximum absolute atomic E-state index is 5.51. The number of thioether (sulfide) groups is 1. The molecule has 14 heavy (non-hydrogen) atoms. The van der Waals surface area contributed by atoms with E-state index in [-0.39, 0.29) is 0 Å². The molecule has 3 heteroatoms. The van der Waals surface area contributed by atoms with Gasteiger partial charge in [-0.05, 0) is 26.0 Å². The minimum atomic E-state index is 0.296. The van der Waals surface area contributed by atoms with Crippen molar-refractivity contribution in [3.63, 3.8) is 0 Å². The van der Waals surface area contributed by atoms with Crippen molar-refractivity contribution in [1.29, 1.82) is 0 Å². The van der Waals surface area contributed by atoms with E-state index >= 15 is 0 Å². The van der Waals surface area contributed by atoms with Crippen molar-refractivity contribution >= 4 is 22.7 Å². The van der Waals surface area contributed by atoms with Crippen LogP contribution in [0.5, 0.6) is 0 Å². The van der Waals surface area contributed by atoms with Crippen LogP contribution >= 0.6 is 11.8 Å². The van der Waals surface area contributed by atoms with Gasteiger partial charge in [-0.2, -0.15) is 0 Å². The zero-order chi connectivity index (χ0) is 9.97. The van der Waals surface area contributed by atoms with Gasteiger partial charge in [-0.1, -0.05) is 29.5 Å². The van der Waals surface area contributed by atoms with E-state index in [1.807, 2.05) is 12.1 Å². The van der Waals surface area contributed by atoms with Crippen molar-refractivity contribution in [1.82, 2.24) is 0 Å². The summed E-state index contributed by atoms with van der Waals surface area (Å²) in [6.07, 6.45) is 0.296. The smallest absolute Gasteiger partial charge is 0.251 e. The predicted octanol–water partition coefficient (Wildman–Crippen LogP) is 3.13. The molecule has 0 radical (unpaired) electrons. The number of aryl methyl sites for hydroxylation is 1. The molecule has 1 saturated heterocycles. The molecule has 0 aliphatic carbocycles. The molecule has 2 rings (SSSR count). The first kappa shape index (κ1) is 9.59. The van der Waals surface area contributed by atoms with Crippen molar-refractivity contribution < 1.29 is 4.74 Å². The molecule has 0 aromatic heterocycles. The second kappa shape index (κ2) is 4.05. The van der Waals surface area contributed by atoms with Crippen LogP contribution in [-0.2, 0) is 4.74 Å². The Hall–Kier alpha value is -0.960. The fourth-order valence-electron chi connectivity index (χ4n) is 1.21. The lowest BCUT2D eigenvalue weighted by atomic mass is 10.2. The topological polar surface area (TPSA) is 21.6 Å². The number of nitrogens with zero attached hydrogens (tertiary/aromatic N) is 1. The van der Waals surface area contributed by atoms with Crippen LogP contribution in [0.2, 0.25) is 0 Å². The summed E-state index contributed by atoms with van der Waals surface area (Å²) < 4.78 is 5.51. The summed E-state index contributed by atoms with van der Waals surface area (Å²) in [5.74, 6) is 1.00. The quantitative estimate of drug-likeness (QED) is 0.705. The largest absolute Gasteiger partial charge is 0.469 e. The van der Waals surface area contributed by atoms with Gasteiger partial charge in [0.1, 0.15) is 6.10 Å². The van der Waals surface area contributed by atoms with E-state index in [0.29, 0.717) is 6.10 Å². The number of rotatable bonds is 1. The molecule has 1 heterocycles. The average molecular weight is 207 g/mol. The van der Waals surface area contributed by atoms with Gasteiger partial charge in [0.25, 0.3) is 5.23 Å². The van der Waals surface area contributed by atoms with Gasteiger partial charge in [0.15, 0.2) is 0 Å². The third-order valence-electron chi connectivity index (χ3n) is 2.00. The SMILES string of the molecule is Cc1ccc(N=C2O[C@H](C)CS2)cc1. The Morgan fingerprint density at radius 2 is 2.07 bits per heavy atom. The molecule has 1 aromatic carbocycles. The monoisotopic (exact) mass is 207 g/mol. The summed E-state index contributed by atoms with van der Waals surface area (Å²) in [6, 6.07) is 8.13. The third-order valence-corrected chi connectivity index (χ3v) is 3.07. The highest BCUT2D eigenvalue weighted by Crippen LogP contribution is 2.23. The predicted molar refractivity (Wildman–Crippen MR) is 61.3 cm³/mol. The lowest BCUT2D eigenvalue weighted by Gasteiger charge is -2.00. The van der Waals surface area contributed by atoms with Gasteiger partial charge >= 0.3 is 0 Å². The Bertz CT molecular complexity index is 345. The Morgan fingerprint density at radius 3 is 2.64 bits per heavy atom. The number of hydrogen-bond donors (Lipinski definition) is 0. The van der Waals surface area contributed by atoms with Gasteiger partial charge < -0.3 is 4.74 Å². The Kier molecular flexibility index (Phi) is 2.77. The molecular weight excluding hydrogens is 194 g/mol. The first-order chi connectivity index (χ1) is 6.74. The molecule has 1 aliphatic rings. The normalized spacial score (nSPS) is 23.9. The van der Waals surface area contributed by atoms with Crippen LogP contribution in [0.25, 0.3) is 0 Å². The first-order valence-electron chi connectivity index (χ1n) is 4.69. The Balaban J connectivity index is 2.13. The maximum atomic E-state index is 5.51. The van der Waals surface area contributed by atoms with Crippen LogP contribution in [0.15, 0.2) is 29.3 Å². The molecular formula is C11H13NOS. The second-order valence-corrected chi connectivity index (χ2v) is 4.42. The molecule has 74 valence electrons. The van der Waals surface area contributed by atoms with Crippen LogP contribution in [0.3, 0.4) is 0 Å². The highest BCUT2D eigenvalue weighted by molar-refractivity contribution is 8.13. The Morgan fingerprint density at radius 1 is 1.36 bits per heavy atom. The van der Waals surface area contributed by atoms with Crippen molar-refractivity contribution in [3.8, 4) is 0 Å². The molecule has 1 atom stereocenters. The van der Waals surface area contributed by atoms with Crippen molar-refractivity contribution in [2.45, 2.75) is 20.0 Å². The lowest BCUT2D eigenvalue weighted by molar-refractivity contribution is 0.252. The van der Waals surface area contributed by atoms with Gasteiger partial charge in [-0.3, -0.25) is 0 Å². The van der Waals surface area contributed by atoms with Crippen molar-refractivity contribution in [3.05, 3.63) is 29.8 Å². The van der Waals surface area contributed by atoms with Crippen molar-refractivity contribution in [2.75, 3.05) is 5.75 Å². The van der Waals surface area contributed by atoms with Gasteiger partial charge in [-0.25, -0.2) is 4.99 Å². The summed E-state index contributed by atoms with van der Waals surface area (Å²) in [5, 5.41) is 0.793. The Labute approximate surface area is 88.4 Å². The zero-order valence-electron chi connectivity index (χ0n) is 8.36. The van der Waals surface area contributed by atoms with E-state index in [1.54, 1.807) is 11.8 Å². The van der Waals surface area contributed by atoms with Crippen LogP contribution in [0, 0.1) is 6.92 Å². The van der Waals surface area contributed by atoms with Gasteiger partial charge in [0, 0.05) is 5.75 Å². The summed E-state index contributed by atoms with van der Waals surface area (Å²) in [4.78, 5) is 4.41. The number of benzene rings is 1. The molecule has 1 aromatic rings. The minimum Gasteiger partial charge on any atom is -0.469 e. The average Bonchev–Trinajstić information content (AvgIpc) is 2.56. The van der Waals surface area contributed by atoms with E-state index in [2.05, 4.69) is 31.0 Å². The van der Waals surface area contributed by atoms with E-state index in [1.165, 1.54) is 5.56 Å². The summed E-state index contributed by atoms with van der Waals surface area (Å²) in [7, 11) is 0. The van der Waals surface area contributed by atoms with Gasteiger partial charge in [0.05, 0.1) is 5.69 Å². The zero-order valence-corrected chi connectivity index (χ0v) is 9.17. The van der Waals surface area contributed by atoms with Gasteiger partial charge in [0.2, 0.25) is 0 Å². The number of hydrogen-bond acceptors (Lipinski definition) is 3. The van der Waals surface area contributed by atoms with Crippen molar-refractivity contribution in [2.24, 2.45) is 4.99 Å². The van der Waals surface area contributed by atoms with E-state index in [9.17, 15) is 0 Å². The molecule has 0 unspecified atom stereocenters. The standard InChI is InChI=1S/C11H13NOS/c1-8-3-5-10(6-4-8)12-11-13-9(2)7-14-11/h3-6,9H,7H2,1-2H3/t9-/m1/s1. The molecule has 0 bridgehead atoms. The molecule has 1 fully saturated rings. The summed E-state index contributed by atoms with van der Waals surface area (Å²) in [6.45, 7) is 4.13. The third kappa shape index (κ3) is 2.29. The maximum Gasteiger partial charge on any atom is 0.251 e. The number of ether oxygens (including phenoxy) is 1. The van der Waals surface area contributed by atoms with Crippen LogP contribution in [-0.4, -0.2) is 17.1 Å². The summed E-state index contributed by atoms with van der Waals surface area (Å²) >= 11 is 1.68. The molecule has 0 spiro atoms. The fourth-order valence-corrected chi connectivity index (χ4v) is 2.06. The van der Waals surface area contributed by atoms with E-state index in [0.717, 1.165) is 16.7 Å². The molecule has 0 saturated carbocycles. The highest BCUT2D eigenvalue weighted by atomic mass is 32.2. The molecule has 2 nitrogen and oxygen atoms in total. The fraction of sp³-hybridized carbons (Fsp3) is 0.364. The molecule has 0 N–H and O–H groups in total. The molecule has 1 aliphatic heterocycles. The first-order valence-corrected chi connectivity index (χ1v) is 5.67. The second-order valence-electron chi connectivity index (χ2n) is 3.45. The van der Waals surface area contributed by atoms with Crippen LogP contribution in [0.1, 0.15) is 12.5 Å². The van der Waals surface area contributed by atoms with Gasteiger partial charge in [-0.15, -0.1) is 0 Å². The number of aliphatic imine (C=N–C) groups is 1. The van der Waals surface area contributed by atoms with E-state index in [4.69, 9.17) is 4.74 Å².